The van der Waals surface area contributed by atoms with Crippen LogP contribution in [-0.2, 0) is 5.72 Å². The van der Waals surface area contributed by atoms with Crippen molar-refractivity contribution < 1.29 is 5.11 Å². The maximum Gasteiger partial charge on any atom is 0.209 e. The second-order valence-electron chi connectivity index (χ2n) is 5.07. The van der Waals surface area contributed by atoms with Crippen molar-refractivity contribution in [3.63, 3.8) is 0 Å². The summed E-state index contributed by atoms with van der Waals surface area (Å²) in [4.78, 5) is 4.53. The van der Waals surface area contributed by atoms with Gasteiger partial charge in [-0.25, -0.2) is 10.8 Å². The first-order valence-corrected chi connectivity index (χ1v) is 8.05. The Hall–Kier alpha value is -1.40. The summed E-state index contributed by atoms with van der Waals surface area (Å²) in [6.07, 6.45) is 0.596. The van der Waals surface area contributed by atoms with E-state index in [2.05, 4.69) is 20.9 Å². The van der Waals surface area contributed by atoms with E-state index in [9.17, 15) is 5.11 Å². The topological polar surface area (TPSA) is 61.9 Å². The Labute approximate surface area is 142 Å². The van der Waals surface area contributed by atoms with Crippen molar-refractivity contribution >= 4 is 39.1 Å². The molecule has 0 spiro atoms. The van der Waals surface area contributed by atoms with Crippen LogP contribution >= 0.6 is 27.5 Å². The number of benzene rings is 2. The number of hydrogen-bond acceptors (Lipinski definition) is 4. The molecule has 0 fully saturated rings. The van der Waals surface area contributed by atoms with E-state index in [-0.39, 0.29) is 0 Å². The van der Waals surface area contributed by atoms with Gasteiger partial charge in [-0.1, -0.05) is 52.7 Å². The second-order valence-corrected chi connectivity index (χ2v) is 6.39. The van der Waals surface area contributed by atoms with Crippen LogP contribution in [0.2, 0.25) is 5.02 Å². The van der Waals surface area contributed by atoms with Gasteiger partial charge in [0.2, 0.25) is 5.72 Å². The Kier molecular flexibility index (Phi) is 3.99. The quantitative estimate of drug-likeness (QED) is 0.776. The smallest absolute Gasteiger partial charge is 0.209 e. The van der Waals surface area contributed by atoms with Gasteiger partial charge in [-0.3, -0.25) is 5.01 Å². The van der Waals surface area contributed by atoms with Crippen molar-refractivity contribution in [1.29, 1.82) is 0 Å². The molecular formula is C16H15BrClN3O. The van der Waals surface area contributed by atoms with Crippen molar-refractivity contribution in [2.45, 2.75) is 19.1 Å². The van der Waals surface area contributed by atoms with E-state index in [1.165, 1.54) is 5.01 Å². The Morgan fingerprint density at radius 2 is 2.00 bits per heavy atom. The van der Waals surface area contributed by atoms with Crippen molar-refractivity contribution in [3.8, 4) is 0 Å². The number of nitrogens with zero attached hydrogens (tertiary/aromatic N) is 2. The van der Waals surface area contributed by atoms with Gasteiger partial charge in [0, 0.05) is 27.0 Å². The maximum atomic E-state index is 11.5. The van der Waals surface area contributed by atoms with Crippen molar-refractivity contribution in [2.75, 3.05) is 0 Å². The largest absolute Gasteiger partial charge is 0.362 e. The fourth-order valence-electron chi connectivity index (χ4n) is 2.66. The minimum absolute atomic E-state index is 0.448. The number of rotatable bonds is 2. The number of halogens is 2. The summed E-state index contributed by atoms with van der Waals surface area (Å²) in [6, 6.07) is 12.7. The minimum atomic E-state index is -1.56. The Morgan fingerprint density at radius 1 is 1.27 bits per heavy atom. The van der Waals surface area contributed by atoms with E-state index in [4.69, 9.17) is 17.4 Å². The molecule has 1 aliphatic rings. The molecule has 0 aromatic heterocycles. The van der Waals surface area contributed by atoms with Crippen LogP contribution in [0.5, 0.6) is 0 Å². The first kappa shape index (κ1) is 15.5. The summed E-state index contributed by atoms with van der Waals surface area (Å²) in [6.45, 7) is 1.94. The zero-order valence-electron chi connectivity index (χ0n) is 11.9. The summed E-state index contributed by atoms with van der Waals surface area (Å²) in [5.74, 6) is 6.81. The van der Waals surface area contributed by atoms with E-state index in [0.29, 0.717) is 34.1 Å². The van der Waals surface area contributed by atoms with E-state index in [1.54, 1.807) is 12.1 Å². The van der Waals surface area contributed by atoms with Crippen LogP contribution in [0.25, 0.3) is 0 Å². The Balaban J connectivity index is 2.33. The van der Waals surface area contributed by atoms with Gasteiger partial charge in [-0.15, -0.1) is 0 Å². The van der Waals surface area contributed by atoms with Crippen LogP contribution in [-0.4, -0.2) is 16.0 Å². The zero-order valence-corrected chi connectivity index (χ0v) is 14.3. The molecule has 6 heteroatoms. The van der Waals surface area contributed by atoms with Crippen LogP contribution < -0.4 is 5.84 Å². The third-order valence-electron chi connectivity index (χ3n) is 3.78. The molecular weight excluding hydrogens is 366 g/mol. The van der Waals surface area contributed by atoms with Gasteiger partial charge < -0.3 is 5.11 Å². The summed E-state index contributed by atoms with van der Waals surface area (Å²) in [7, 11) is 0. The number of fused-ring (bicyclic) bond motifs is 1. The van der Waals surface area contributed by atoms with Gasteiger partial charge >= 0.3 is 0 Å². The Morgan fingerprint density at radius 3 is 2.68 bits per heavy atom. The predicted molar refractivity (Wildman–Crippen MR) is 92.0 cm³/mol. The predicted octanol–water partition coefficient (Wildman–Crippen LogP) is 3.93. The van der Waals surface area contributed by atoms with Gasteiger partial charge in [0.1, 0.15) is 5.84 Å². The van der Waals surface area contributed by atoms with E-state index >= 15 is 0 Å². The lowest BCUT2D eigenvalue weighted by Gasteiger charge is -2.42. The SMILES string of the molecule is CCC1=Nc2ccc(Br)cc2C(O)(c2ccccc2Cl)N1N. The van der Waals surface area contributed by atoms with Crippen LogP contribution in [0, 0.1) is 0 Å². The molecule has 1 atom stereocenters. The molecule has 0 saturated heterocycles. The van der Waals surface area contributed by atoms with Gasteiger partial charge in [-0.05, 0) is 24.3 Å². The first-order valence-electron chi connectivity index (χ1n) is 6.88. The number of aliphatic imine (C=N–C) groups is 1. The molecule has 0 radical (unpaired) electrons. The first-order chi connectivity index (χ1) is 10.5. The molecule has 3 N–H and O–H groups in total. The highest BCUT2D eigenvalue weighted by molar-refractivity contribution is 9.10. The highest BCUT2D eigenvalue weighted by atomic mass is 79.9. The average Bonchev–Trinajstić information content (AvgIpc) is 2.52. The monoisotopic (exact) mass is 379 g/mol. The number of hydrogen-bond donors (Lipinski definition) is 2. The summed E-state index contributed by atoms with van der Waals surface area (Å²) in [5.41, 5.74) is 0.239. The van der Waals surface area contributed by atoms with Gasteiger partial charge in [-0.2, -0.15) is 0 Å². The summed E-state index contributed by atoms with van der Waals surface area (Å²) >= 11 is 9.75. The van der Waals surface area contributed by atoms with Crippen LogP contribution in [0.3, 0.4) is 0 Å². The molecule has 1 heterocycles. The highest BCUT2D eigenvalue weighted by Crippen LogP contribution is 2.44. The molecule has 1 aliphatic heterocycles. The highest BCUT2D eigenvalue weighted by Gasteiger charge is 2.44. The van der Waals surface area contributed by atoms with E-state index < -0.39 is 5.72 Å². The number of hydrazine groups is 1. The molecule has 0 bridgehead atoms. The van der Waals surface area contributed by atoms with Crippen molar-refractivity contribution in [2.24, 2.45) is 10.8 Å². The van der Waals surface area contributed by atoms with E-state index in [1.807, 2.05) is 37.3 Å². The van der Waals surface area contributed by atoms with Gasteiger partial charge in [0.05, 0.1) is 5.69 Å². The maximum absolute atomic E-state index is 11.5. The fourth-order valence-corrected chi connectivity index (χ4v) is 3.29. The standard InChI is InChI=1S/C16H15BrClN3O/c1-2-15-20-14-8-7-10(17)9-12(14)16(22,21(15)19)11-5-3-4-6-13(11)18/h3-9,22H,2,19H2,1H3. The van der Waals surface area contributed by atoms with Crippen LogP contribution in [0.1, 0.15) is 24.5 Å². The fraction of sp³-hybridized carbons (Fsp3) is 0.188. The molecule has 0 aliphatic carbocycles. The molecule has 22 heavy (non-hydrogen) atoms. The number of amidine groups is 1. The summed E-state index contributed by atoms with van der Waals surface area (Å²) < 4.78 is 0.834. The van der Waals surface area contributed by atoms with Crippen LogP contribution in [0.15, 0.2) is 51.9 Å². The molecule has 2 aromatic rings. The molecule has 1 unspecified atom stereocenters. The lowest BCUT2D eigenvalue weighted by Crippen LogP contribution is -2.56. The third kappa shape index (κ3) is 2.25. The summed E-state index contributed by atoms with van der Waals surface area (Å²) in [5, 5.41) is 13.2. The van der Waals surface area contributed by atoms with Gasteiger partial charge in [0.15, 0.2) is 0 Å². The lowest BCUT2D eigenvalue weighted by atomic mass is 9.90. The van der Waals surface area contributed by atoms with Crippen molar-refractivity contribution in [3.05, 3.63) is 63.1 Å². The van der Waals surface area contributed by atoms with E-state index in [0.717, 1.165) is 4.47 Å². The van der Waals surface area contributed by atoms with Crippen LogP contribution in [0.4, 0.5) is 5.69 Å². The average molecular weight is 381 g/mol. The normalized spacial score (nSPS) is 20.6. The molecule has 3 rings (SSSR count). The molecule has 0 amide bonds. The lowest BCUT2D eigenvalue weighted by molar-refractivity contribution is -0.0418. The molecule has 0 saturated carbocycles. The molecule has 114 valence electrons. The minimum Gasteiger partial charge on any atom is -0.362 e. The van der Waals surface area contributed by atoms with Crippen molar-refractivity contribution in [1.82, 2.24) is 5.01 Å². The number of aliphatic hydroxyl groups is 1. The molecule has 4 nitrogen and oxygen atoms in total. The second kappa shape index (κ2) is 5.66. The Bertz CT molecular complexity index is 765. The number of nitrogens with two attached hydrogens (primary N) is 1. The van der Waals surface area contributed by atoms with Gasteiger partial charge in [0.25, 0.3) is 0 Å². The zero-order chi connectivity index (χ0) is 15.9. The third-order valence-corrected chi connectivity index (χ3v) is 4.60. The molecule has 2 aromatic carbocycles.